The molecule has 3 N–H and O–H groups in total. The Labute approximate surface area is 154 Å². The molecule has 0 saturated heterocycles. The van der Waals surface area contributed by atoms with Crippen LogP contribution < -0.4 is 10.5 Å². The molecule has 2 aromatic rings. The summed E-state index contributed by atoms with van der Waals surface area (Å²) in [5, 5.41) is 4.06. The average molecular weight is 378 g/mol. The summed E-state index contributed by atoms with van der Waals surface area (Å²) >= 11 is 0. The second-order valence-electron chi connectivity index (χ2n) is 8.10. The molecule has 8 heteroatoms. The maximum atomic E-state index is 12.3. The molecule has 0 atom stereocenters. The highest BCUT2D eigenvalue weighted by Crippen LogP contribution is 2.35. The minimum atomic E-state index is -3.45. The van der Waals surface area contributed by atoms with E-state index in [1.807, 2.05) is 26.8 Å². The highest BCUT2D eigenvalue weighted by molar-refractivity contribution is 7.88. The van der Waals surface area contributed by atoms with E-state index in [-0.39, 0.29) is 5.75 Å². The molecular formula is C18H26N4O3S. The Morgan fingerprint density at radius 2 is 1.96 bits per heavy atom. The zero-order chi connectivity index (χ0) is 19.0. The van der Waals surface area contributed by atoms with E-state index >= 15 is 0 Å². The summed E-state index contributed by atoms with van der Waals surface area (Å²) in [6.07, 6.45) is 3.83. The molecule has 1 aromatic heterocycles. The number of benzene rings is 1. The smallest absolute Gasteiger partial charge is 0.258 e. The van der Waals surface area contributed by atoms with E-state index in [9.17, 15) is 8.42 Å². The third-order valence-corrected chi connectivity index (χ3v) is 6.00. The first kappa shape index (κ1) is 19.0. The molecule has 0 bridgehead atoms. The van der Waals surface area contributed by atoms with Crippen molar-refractivity contribution in [2.24, 2.45) is 5.73 Å². The van der Waals surface area contributed by atoms with E-state index in [2.05, 4.69) is 14.9 Å². The van der Waals surface area contributed by atoms with E-state index < -0.39 is 21.1 Å². The number of hydrogen-bond acceptors (Lipinski definition) is 6. The standard InChI is InChI=1S/C18H26N4O3S/c1-17(2,3)22-26(23,24)12-13-7-6-8-14(11-13)15-20-16(21-25-15)18(19)9-4-5-10-18/h6-8,11,22H,4-5,9-10,12,19H2,1-3H3. The summed E-state index contributed by atoms with van der Waals surface area (Å²) in [6.45, 7) is 5.44. The first-order valence-electron chi connectivity index (χ1n) is 8.80. The minimum Gasteiger partial charge on any atom is -0.334 e. The van der Waals surface area contributed by atoms with Crippen LogP contribution in [0.1, 0.15) is 57.8 Å². The summed E-state index contributed by atoms with van der Waals surface area (Å²) in [7, 11) is -3.45. The molecule has 7 nitrogen and oxygen atoms in total. The lowest BCUT2D eigenvalue weighted by Crippen LogP contribution is -2.41. The number of hydrogen-bond donors (Lipinski definition) is 2. The minimum absolute atomic E-state index is 0.111. The van der Waals surface area contributed by atoms with Crippen LogP contribution in [-0.4, -0.2) is 24.1 Å². The van der Waals surface area contributed by atoms with Gasteiger partial charge in [-0.1, -0.05) is 30.1 Å². The normalized spacial score (nSPS) is 17.5. The molecule has 1 aliphatic carbocycles. The average Bonchev–Trinajstić information content (AvgIpc) is 3.14. The van der Waals surface area contributed by atoms with Gasteiger partial charge >= 0.3 is 0 Å². The Hall–Kier alpha value is -1.77. The van der Waals surface area contributed by atoms with Gasteiger partial charge in [0.15, 0.2) is 5.82 Å². The molecular weight excluding hydrogens is 352 g/mol. The lowest BCUT2D eigenvalue weighted by Gasteiger charge is -2.20. The summed E-state index contributed by atoms with van der Waals surface area (Å²) in [5.74, 6) is 0.775. The second kappa shape index (κ2) is 6.75. The molecule has 1 heterocycles. The van der Waals surface area contributed by atoms with Gasteiger partial charge in [-0.15, -0.1) is 0 Å². The first-order valence-corrected chi connectivity index (χ1v) is 10.5. The summed E-state index contributed by atoms with van der Waals surface area (Å²) in [4.78, 5) is 4.46. The summed E-state index contributed by atoms with van der Waals surface area (Å²) in [6, 6.07) is 7.14. The van der Waals surface area contributed by atoms with E-state index in [0.29, 0.717) is 22.8 Å². The van der Waals surface area contributed by atoms with Crippen LogP contribution in [0.25, 0.3) is 11.5 Å². The Balaban J connectivity index is 1.81. The van der Waals surface area contributed by atoms with Crippen molar-refractivity contribution in [2.75, 3.05) is 0 Å². The second-order valence-corrected chi connectivity index (χ2v) is 9.82. The van der Waals surface area contributed by atoms with Crippen LogP contribution in [0.5, 0.6) is 0 Å². The van der Waals surface area contributed by atoms with E-state index in [1.54, 1.807) is 18.2 Å². The zero-order valence-corrected chi connectivity index (χ0v) is 16.3. The Morgan fingerprint density at radius 3 is 2.62 bits per heavy atom. The van der Waals surface area contributed by atoms with Crippen molar-refractivity contribution in [3.8, 4) is 11.5 Å². The zero-order valence-electron chi connectivity index (χ0n) is 15.4. The Kier molecular flexibility index (Phi) is 4.94. The molecule has 26 heavy (non-hydrogen) atoms. The highest BCUT2D eigenvalue weighted by Gasteiger charge is 2.36. The molecule has 0 unspecified atom stereocenters. The number of nitrogens with zero attached hydrogens (tertiary/aromatic N) is 2. The van der Waals surface area contributed by atoms with Crippen LogP contribution in [0.2, 0.25) is 0 Å². The van der Waals surface area contributed by atoms with Gasteiger partial charge in [-0.3, -0.25) is 0 Å². The van der Waals surface area contributed by atoms with Gasteiger partial charge in [0.25, 0.3) is 5.89 Å². The summed E-state index contributed by atoms with van der Waals surface area (Å²) in [5.41, 5.74) is 6.68. The van der Waals surface area contributed by atoms with Gasteiger partial charge in [0.05, 0.1) is 11.3 Å². The van der Waals surface area contributed by atoms with Gasteiger partial charge in [-0.05, 0) is 51.3 Å². The lowest BCUT2D eigenvalue weighted by atomic mass is 9.98. The molecule has 3 rings (SSSR count). The fourth-order valence-corrected chi connectivity index (χ4v) is 4.91. The van der Waals surface area contributed by atoms with Gasteiger partial charge in [0.1, 0.15) is 0 Å². The number of rotatable bonds is 5. The van der Waals surface area contributed by atoms with Crippen LogP contribution in [0.3, 0.4) is 0 Å². The molecule has 0 radical (unpaired) electrons. The third kappa shape index (κ3) is 4.49. The van der Waals surface area contributed by atoms with E-state index in [1.165, 1.54) is 0 Å². The van der Waals surface area contributed by atoms with Crippen molar-refractivity contribution in [1.82, 2.24) is 14.9 Å². The largest absolute Gasteiger partial charge is 0.334 e. The van der Waals surface area contributed by atoms with Crippen molar-refractivity contribution >= 4 is 10.0 Å². The van der Waals surface area contributed by atoms with E-state index in [0.717, 1.165) is 25.7 Å². The van der Waals surface area contributed by atoms with Gasteiger partial charge in [-0.25, -0.2) is 13.1 Å². The van der Waals surface area contributed by atoms with Crippen molar-refractivity contribution in [3.05, 3.63) is 35.7 Å². The number of aromatic nitrogens is 2. The van der Waals surface area contributed by atoms with Crippen LogP contribution in [-0.2, 0) is 21.3 Å². The molecule has 0 aliphatic heterocycles. The predicted molar refractivity (Wildman–Crippen MR) is 99.6 cm³/mol. The van der Waals surface area contributed by atoms with Gasteiger partial charge in [0.2, 0.25) is 10.0 Å². The third-order valence-electron chi connectivity index (χ3n) is 4.36. The topological polar surface area (TPSA) is 111 Å². The molecule has 1 aromatic carbocycles. The van der Waals surface area contributed by atoms with Gasteiger partial charge in [-0.2, -0.15) is 4.98 Å². The predicted octanol–water partition coefficient (Wildman–Crippen LogP) is 2.68. The van der Waals surface area contributed by atoms with Crippen molar-refractivity contribution in [3.63, 3.8) is 0 Å². The Morgan fingerprint density at radius 1 is 1.27 bits per heavy atom. The maximum Gasteiger partial charge on any atom is 0.258 e. The molecule has 1 saturated carbocycles. The van der Waals surface area contributed by atoms with Crippen molar-refractivity contribution in [2.45, 2.75) is 63.3 Å². The monoisotopic (exact) mass is 378 g/mol. The molecule has 1 fully saturated rings. The van der Waals surface area contributed by atoms with Gasteiger partial charge in [0, 0.05) is 11.1 Å². The fourth-order valence-electron chi connectivity index (χ4n) is 3.29. The lowest BCUT2D eigenvalue weighted by molar-refractivity contribution is 0.372. The van der Waals surface area contributed by atoms with Crippen LogP contribution in [0, 0.1) is 0 Å². The summed E-state index contributed by atoms with van der Waals surface area (Å²) < 4.78 is 32.7. The molecule has 1 aliphatic rings. The molecule has 142 valence electrons. The SMILES string of the molecule is CC(C)(C)NS(=O)(=O)Cc1cccc(-c2nc(C3(N)CCCC3)no2)c1. The molecule has 0 amide bonds. The van der Waals surface area contributed by atoms with Crippen molar-refractivity contribution in [1.29, 1.82) is 0 Å². The quantitative estimate of drug-likeness (QED) is 0.827. The number of nitrogens with one attached hydrogen (secondary N) is 1. The number of sulfonamides is 1. The molecule has 0 spiro atoms. The van der Waals surface area contributed by atoms with Crippen LogP contribution in [0.15, 0.2) is 28.8 Å². The highest BCUT2D eigenvalue weighted by atomic mass is 32.2. The van der Waals surface area contributed by atoms with Crippen molar-refractivity contribution < 1.29 is 12.9 Å². The van der Waals surface area contributed by atoms with Gasteiger partial charge < -0.3 is 10.3 Å². The number of nitrogens with two attached hydrogens (primary N) is 1. The Bertz CT molecular complexity index is 878. The maximum absolute atomic E-state index is 12.3. The van der Waals surface area contributed by atoms with Crippen LogP contribution in [0.4, 0.5) is 0 Å². The van der Waals surface area contributed by atoms with Crippen LogP contribution >= 0.6 is 0 Å². The van der Waals surface area contributed by atoms with E-state index in [4.69, 9.17) is 10.3 Å². The first-order chi connectivity index (χ1) is 12.1. The fraction of sp³-hybridized carbons (Fsp3) is 0.556.